The Bertz CT molecular complexity index is 641. The lowest BCUT2D eigenvalue weighted by Gasteiger charge is -2.27. The monoisotopic (exact) mass is 296 g/mol. The molecule has 0 N–H and O–H groups in total. The van der Waals surface area contributed by atoms with Gasteiger partial charge in [0, 0.05) is 26.2 Å². The molecule has 2 aromatic rings. The van der Waals surface area contributed by atoms with Crippen molar-refractivity contribution >= 4 is 22.7 Å². The Morgan fingerprint density at radius 2 is 1.00 bits per heavy atom. The molecule has 1 aromatic heterocycles. The van der Waals surface area contributed by atoms with Crippen LogP contribution in [0.1, 0.15) is 38.5 Å². The highest BCUT2D eigenvalue weighted by Gasteiger charge is 2.23. The first-order chi connectivity index (χ1) is 10.9. The fourth-order valence-electron chi connectivity index (χ4n) is 3.62. The van der Waals surface area contributed by atoms with Gasteiger partial charge in [-0.25, -0.2) is 9.97 Å². The molecule has 2 aliphatic heterocycles. The number of anilines is 2. The quantitative estimate of drug-likeness (QED) is 0.847. The summed E-state index contributed by atoms with van der Waals surface area (Å²) in [6.07, 6.45) is 7.77. The van der Waals surface area contributed by atoms with Gasteiger partial charge in [0.25, 0.3) is 0 Å². The smallest absolute Gasteiger partial charge is 0.172 e. The Morgan fingerprint density at radius 3 is 1.45 bits per heavy atom. The fourth-order valence-corrected chi connectivity index (χ4v) is 3.62. The van der Waals surface area contributed by atoms with E-state index in [0.29, 0.717) is 0 Å². The van der Waals surface area contributed by atoms with Crippen LogP contribution in [0, 0.1) is 0 Å². The van der Waals surface area contributed by atoms with E-state index in [4.69, 9.17) is 9.97 Å². The van der Waals surface area contributed by atoms with Crippen molar-refractivity contribution in [1.29, 1.82) is 0 Å². The first-order valence-electron chi connectivity index (χ1n) is 8.68. The highest BCUT2D eigenvalue weighted by molar-refractivity contribution is 5.81. The van der Waals surface area contributed by atoms with E-state index in [9.17, 15) is 0 Å². The number of fused-ring (bicyclic) bond motifs is 1. The van der Waals surface area contributed by atoms with Gasteiger partial charge in [0.1, 0.15) is 0 Å². The van der Waals surface area contributed by atoms with E-state index >= 15 is 0 Å². The normalized spacial score (nSPS) is 19.6. The summed E-state index contributed by atoms with van der Waals surface area (Å²) in [5, 5.41) is 0. The van der Waals surface area contributed by atoms with Crippen LogP contribution < -0.4 is 9.80 Å². The summed E-state index contributed by atoms with van der Waals surface area (Å²) in [5.41, 5.74) is 2.03. The minimum atomic E-state index is 1.02. The second-order valence-electron chi connectivity index (χ2n) is 6.45. The fraction of sp³-hybridized carbons (Fsp3) is 0.556. The molecular weight excluding hydrogens is 272 g/mol. The lowest BCUT2D eigenvalue weighted by atomic mass is 10.2. The lowest BCUT2D eigenvalue weighted by molar-refractivity contribution is 0.726. The van der Waals surface area contributed by atoms with E-state index in [0.717, 1.165) is 48.8 Å². The molecule has 0 saturated carbocycles. The maximum Gasteiger partial charge on any atom is 0.172 e. The van der Waals surface area contributed by atoms with E-state index in [1.807, 2.05) is 0 Å². The molecule has 0 atom stereocenters. The largest absolute Gasteiger partial charge is 0.354 e. The summed E-state index contributed by atoms with van der Waals surface area (Å²) in [5.74, 6) is 2.22. The summed E-state index contributed by atoms with van der Waals surface area (Å²) in [4.78, 5) is 14.9. The Hall–Kier alpha value is -1.84. The van der Waals surface area contributed by atoms with Crippen molar-refractivity contribution in [2.75, 3.05) is 36.0 Å². The third kappa shape index (κ3) is 2.62. The van der Waals surface area contributed by atoms with Crippen LogP contribution in [0.3, 0.4) is 0 Å². The number of benzene rings is 1. The maximum absolute atomic E-state index is 5.01. The average molecular weight is 296 g/mol. The topological polar surface area (TPSA) is 32.3 Å². The predicted molar refractivity (Wildman–Crippen MR) is 91.7 cm³/mol. The Kier molecular flexibility index (Phi) is 3.83. The molecule has 2 saturated heterocycles. The van der Waals surface area contributed by atoms with Gasteiger partial charge in [-0.05, 0) is 37.8 Å². The molecule has 4 nitrogen and oxygen atoms in total. The zero-order valence-corrected chi connectivity index (χ0v) is 13.2. The summed E-state index contributed by atoms with van der Waals surface area (Å²) in [6.45, 7) is 4.48. The average Bonchev–Trinajstić information content (AvgIpc) is 2.96. The van der Waals surface area contributed by atoms with Gasteiger partial charge in [-0.1, -0.05) is 25.0 Å². The van der Waals surface area contributed by atoms with Gasteiger partial charge in [0.2, 0.25) is 0 Å². The van der Waals surface area contributed by atoms with Crippen molar-refractivity contribution in [3.05, 3.63) is 24.3 Å². The second-order valence-corrected chi connectivity index (χ2v) is 6.45. The number of para-hydroxylation sites is 2. The van der Waals surface area contributed by atoms with E-state index in [1.54, 1.807) is 0 Å². The maximum atomic E-state index is 5.01. The van der Waals surface area contributed by atoms with Gasteiger partial charge in [0.05, 0.1) is 11.0 Å². The van der Waals surface area contributed by atoms with Crippen LogP contribution in [0.5, 0.6) is 0 Å². The highest BCUT2D eigenvalue weighted by Crippen LogP contribution is 2.31. The molecule has 22 heavy (non-hydrogen) atoms. The molecule has 0 aliphatic carbocycles. The van der Waals surface area contributed by atoms with Gasteiger partial charge in [-0.2, -0.15) is 0 Å². The number of aromatic nitrogens is 2. The number of nitrogens with zero attached hydrogens (tertiary/aromatic N) is 4. The summed E-state index contributed by atoms with van der Waals surface area (Å²) in [7, 11) is 0. The predicted octanol–water partition coefficient (Wildman–Crippen LogP) is 3.61. The van der Waals surface area contributed by atoms with E-state index in [-0.39, 0.29) is 0 Å². The summed E-state index contributed by atoms with van der Waals surface area (Å²) >= 11 is 0. The number of rotatable bonds is 2. The summed E-state index contributed by atoms with van der Waals surface area (Å²) < 4.78 is 0. The van der Waals surface area contributed by atoms with Crippen molar-refractivity contribution in [2.45, 2.75) is 38.5 Å². The zero-order valence-electron chi connectivity index (χ0n) is 13.2. The lowest BCUT2D eigenvalue weighted by Crippen LogP contribution is -2.29. The molecule has 0 unspecified atom stereocenters. The van der Waals surface area contributed by atoms with Gasteiger partial charge >= 0.3 is 0 Å². The third-order valence-corrected chi connectivity index (χ3v) is 4.85. The SMILES string of the molecule is c1ccc2nc(N3CCCC3)c(N3CCCCCC3)nc2c1. The standard InChI is InChI=1S/C18H24N4/c1-2-6-12-21(11-5-1)17-18(22-13-7-8-14-22)20-16-10-4-3-9-15(16)19-17/h3-4,9-10H,1-2,5-8,11-14H2. The van der Waals surface area contributed by atoms with Crippen LogP contribution in [-0.2, 0) is 0 Å². The van der Waals surface area contributed by atoms with Crippen molar-refractivity contribution < 1.29 is 0 Å². The van der Waals surface area contributed by atoms with E-state index in [2.05, 4.69) is 34.1 Å². The van der Waals surface area contributed by atoms with Crippen molar-refractivity contribution in [3.8, 4) is 0 Å². The molecule has 116 valence electrons. The van der Waals surface area contributed by atoms with Crippen molar-refractivity contribution in [3.63, 3.8) is 0 Å². The van der Waals surface area contributed by atoms with Crippen molar-refractivity contribution in [2.24, 2.45) is 0 Å². The minimum Gasteiger partial charge on any atom is -0.354 e. The molecule has 3 heterocycles. The zero-order chi connectivity index (χ0) is 14.8. The van der Waals surface area contributed by atoms with Gasteiger partial charge in [-0.3, -0.25) is 0 Å². The minimum absolute atomic E-state index is 1.02. The Morgan fingerprint density at radius 1 is 0.591 bits per heavy atom. The first-order valence-corrected chi connectivity index (χ1v) is 8.68. The molecule has 2 aliphatic rings. The van der Waals surface area contributed by atoms with Gasteiger partial charge in [-0.15, -0.1) is 0 Å². The second kappa shape index (κ2) is 6.11. The molecule has 0 amide bonds. The molecule has 1 aromatic carbocycles. The molecule has 2 fully saturated rings. The highest BCUT2D eigenvalue weighted by atomic mass is 15.3. The van der Waals surface area contributed by atoms with E-state index < -0.39 is 0 Å². The van der Waals surface area contributed by atoms with Gasteiger partial charge < -0.3 is 9.80 Å². The molecule has 0 bridgehead atoms. The van der Waals surface area contributed by atoms with Crippen molar-refractivity contribution in [1.82, 2.24) is 9.97 Å². The molecular formula is C18H24N4. The number of hydrogen-bond donors (Lipinski definition) is 0. The number of hydrogen-bond acceptors (Lipinski definition) is 4. The van der Waals surface area contributed by atoms with Crippen LogP contribution in [0.15, 0.2) is 24.3 Å². The van der Waals surface area contributed by atoms with Crippen LogP contribution in [0.25, 0.3) is 11.0 Å². The van der Waals surface area contributed by atoms with Crippen LogP contribution >= 0.6 is 0 Å². The molecule has 0 spiro atoms. The van der Waals surface area contributed by atoms with E-state index in [1.165, 1.54) is 38.5 Å². The third-order valence-electron chi connectivity index (χ3n) is 4.85. The Balaban J connectivity index is 1.80. The molecule has 0 radical (unpaired) electrons. The molecule has 4 rings (SSSR count). The Labute approximate surface area is 132 Å². The molecule has 4 heteroatoms. The van der Waals surface area contributed by atoms with Gasteiger partial charge in [0.15, 0.2) is 11.6 Å². The summed E-state index contributed by atoms with van der Waals surface area (Å²) in [6, 6.07) is 8.26. The van der Waals surface area contributed by atoms with Crippen LogP contribution in [0.4, 0.5) is 11.6 Å². The van der Waals surface area contributed by atoms with Crippen LogP contribution in [-0.4, -0.2) is 36.1 Å². The first kappa shape index (κ1) is 13.8. The van der Waals surface area contributed by atoms with Crippen LogP contribution in [0.2, 0.25) is 0 Å².